The molecule has 5 heteroatoms. The van der Waals surface area contributed by atoms with Crippen molar-refractivity contribution < 1.29 is 14.3 Å². The Kier molecular flexibility index (Phi) is 5.19. The number of hydrogen-bond acceptors (Lipinski definition) is 4. The van der Waals surface area contributed by atoms with Gasteiger partial charge in [0, 0.05) is 55.6 Å². The molecule has 2 aliphatic rings. The number of benzene rings is 1. The number of rotatable bonds is 6. The van der Waals surface area contributed by atoms with E-state index >= 15 is 0 Å². The van der Waals surface area contributed by atoms with Gasteiger partial charge in [0.15, 0.2) is 5.78 Å². The van der Waals surface area contributed by atoms with Gasteiger partial charge in [-0.3, -0.25) is 9.59 Å². The molecule has 4 rings (SSSR count). The van der Waals surface area contributed by atoms with Gasteiger partial charge < -0.3 is 9.64 Å². The third-order valence-corrected chi connectivity index (χ3v) is 5.56. The molecule has 0 aliphatic carbocycles. The van der Waals surface area contributed by atoms with Crippen LogP contribution in [-0.2, 0) is 4.79 Å². The lowest BCUT2D eigenvalue weighted by atomic mass is 9.98. The van der Waals surface area contributed by atoms with Gasteiger partial charge in [-0.15, -0.1) is 0 Å². The van der Waals surface area contributed by atoms with Crippen molar-refractivity contribution in [3.8, 4) is 5.88 Å². The molecule has 2 atom stereocenters. The summed E-state index contributed by atoms with van der Waals surface area (Å²) in [6.07, 6.45) is 6.10. The van der Waals surface area contributed by atoms with E-state index in [0.29, 0.717) is 11.4 Å². The van der Waals surface area contributed by atoms with Crippen molar-refractivity contribution in [2.24, 2.45) is 0 Å². The minimum atomic E-state index is 0.0321. The van der Waals surface area contributed by atoms with E-state index < -0.39 is 0 Å². The maximum absolute atomic E-state index is 12.8. The first-order chi connectivity index (χ1) is 13.2. The summed E-state index contributed by atoms with van der Waals surface area (Å²) in [6.45, 7) is 0. The van der Waals surface area contributed by atoms with Crippen molar-refractivity contribution in [3.05, 3.63) is 60.3 Å². The van der Waals surface area contributed by atoms with Crippen LogP contribution < -0.4 is 4.74 Å². The molecule has 1 amide bonds. The molecule has 140 valence electrons. The molecule has 27 heavy (non-hydrogen) atoms. The van der Waals surface area contributed by atoms with E-state index in [1.807, 2.05) is 41.3 Å². The predicted molar refractivity (Wildman–Crippen MR) is 102 cm³/mol. The topological polar surface area (TPSA) is 59.5 Å². The van der Waals surface area contributed by atoms with Gasteiger partial charge in [0.2, 0.25) is 11.8 Å². The molecular weight excluding hydrogens is 340 g/mol. The molecule has 2 saturated heterocycles. The number of pyridine rings is 1. The van der Waals surface area contributed by atoms with Gasteiger partial charge in [-0.05, 0) is 18.9 Å². The Labute approximate surface area is 159 Å². The molecule has 0 radical (unpaired) electrons. The molecule has 1 aromatic carbocycles. The number of fused-ring (bicyclic) bond motifs is 2. The van der Waals surface area contributed by atoms with Crippen molar-refractivity contribution in [1.29, 1.82) is 0 Å². The summed E-state index contributed by atoms with van der Waals surface area (Å²) in [6, 6.07) is 15.3. The first-order valence-corrected chi connectivity index (χ1v) is 9.68. The second kappa shape index (κ2) is 7.91. The number of amides is 1. The zero-order valence-corrected chi connectivity index (χ0v) is 15.3. The van der Waals surface area contributed by atoms with Gasteiger partial charge >= 0.3 is 0 Å². The number of ether oxygens (including phenoxy) is 1. The fourth-order valence-electron chi connectivity index (χ4n) is 4.34. The molecule has 2 aromatic rings. The molecular formula is C22H24N2O3. The maximum atomic E-state index is 12.8. The standard InChI is InChI=1S/C22H24N2O3/c25-20(16-6-2-1-3-7-16)11-12-22(26)24-17-9-10-18(24)15-19(14-17)27-21-8-4-5-13-23-21/h1-8,13,17-19H,9-12,14-15H2. The number of aromatic nitrogens is 1. The minimum Gasteiger partial charge on any atom is -0.474 e. The average molecular weight is 364 g/mol. The summed E-state index contributed by atoms with van der Waals surface area (Å²) in [7, 11) is 0. The maximum Gasteiger partial charge on any atom is 0.223 e. The number of Topliss-reactive ketones (excluding diaryl/α,β-unsaturated/α-hetero) is 1. The molecule has 5 nitrogen and oxygen atoms in total. The SMILES string of the molecule is O=C(CCC(=O)N1C2CCC1CC(Oc1ccccn1)C2)c1ccccc1. The number of carbonyl (C=O) groups is 2. The monoisotopic (exact) mass is 364 g/mol. The molecule has 2 aliphatic heterocycles. The average Bonchev–Trinajstić information content (AvgIpc) is 2.98. The summed E-state index contributed by atoms with van der Waals surface area (Å²) >= 11 is 0. The predicted octanol–water partition coefficient (Wildman–Crippen LogP) is 3.65. The van der Waals surface area contributed by atoms with Crippen molar-refractivity contribution in [2.45, 2.75) is 56.7 Å². The van der Waals surface area contributed by atoms with Gasteiger partial charge in [0.25, 0.3) is 0 Å². The van der Waals surface area contributed by atoms with Crippen LogP contribution in [0.3, 0.4) is 0 Å². The number of carbonyl (C=O) groups excluding carboxylic acids is 2. The molecule has 2 bridgehead atoms. The molecule has 0 saturated carbocycles. The Hall–Kier alpha value is -2.69. The van der Waals surface area contributed by atoms with E-state index in [1.165, 1.54) is 0 Å². The molecule has 0 N–H and O–H groups in total. The summed E-state index contributed by atoms with van der Waals surface area (Å²) in [5.74, 6) is 0.780. The van der Waals surface area contributed by atoms with Gasteiger partial charge in [-0.1, -0.05) is 36.4 Å². The molecule has 0 spiro atoms. The highest BCUT2D eigenvalue weighted by molar-refractivity contribution is 5.98. The zero-order chi connectivity index (χ0) is 18.6. The van der Waals surface area contributed by atoms with Crippen molar-refractivity contribution in [3.63, 3.8) is 0 Å². The summed E-state index contributed by atoms with van der Waals surface area (Å²) in [4.78, 5) is 31.3. The molecule has 2 fully saturated rings. The fourth-order valence-corrected chi connectivity index (χ4v) is 4.34. The lowest BCUT2D eigenvalue weighted by Crippen LogP contribution is -2.49. The zero-order valence-electron chi connectivity index (χ0n) is 15.3. The summed E-state index contributed by atoms with van der Waals surface area (Å²) < 4.78 is 6.02. The van der Waals surface area contributed by atoms with Crippen LogP contribution in [0, 0.1) is 0 Å². The first kappa shape index (κ1) is 17.7. The number of piperidine rings is 1. The van der Waals surface area contributed by atoms with Gasteiger partial charge in [-0.25, -0.2) is 4.98 Å². The number of nitrogens with zero attached hydrogens (tertiary/aromatic N) is 2. The molecule has 2 unspecified atom stereocenters. The Morgan fingerprint density at radius 1 is 0.963 bits per heavy atom. The van der Waals surface area contributed by atoms with Crippen LogP contribution in [0.25, 0.3) is 0 Å². The van der Waals surface area contributed by atoms with Gasteiger partial charge in [-0.2, -0.15) is 0 Å². The quantitative estimate of drug-likeness (QED) is 0.734. The smallest absolute Gasteiger partial charge is 0.223 e. The normalized spacial score (nSPS) is 23.9. The third kappa shape index (κ3) is 4.02. The highest BCUT2D eigenvalue weighted by Crippen LogP contribution is 2.37. The fraction of sp³-hybridized carbons (Fsp3) is 0.409. The van der Waals surface area contributed by atoms with Crippen LogP contribution >= 0.6 is 0 Å². The highest BCUT2D eigenvalue weighted by Gasteiger charge is 2.43. The van der Waals surface area contributed by atoms with Crippen LogP contribution in [0.4, 0.5) is 0 Å². The number of hydrogen-bond donors (Lipinski definition) is 0. The first-order valence-electron chi connectivity index (χ1n) is 9.68. The van der Waals surface area contributed by atoms with Crippen molar-refractivity contribution in [1.82, 2.24) is 9.88 Å². The Bertz CT molecular complexity index is 780. The Morgan fingerprint density at radius 2 is 1.67 bits per heavy atom. The van der Waals surface area contributed by atoms with Crippen LogP contribution in [0.2, 0.25) is 0 Å². The minimum absolute atomic E-state index is 0.0321. The molecule has 3 heterocycles. The largest absolute Gasteiger partial charge is 0.474 e. The summed E-state index contributed by atoms with van der Waals surface area (Å²) in [5, 5.41) is 0. The van der Waals surface area contributed by atoms with Gasteiger partial charge in [0.05, 0.1) is 0 Å². The van der Waals surface area contributed by atoms with E-state index in [-0.39, 0.29) is 42.7 Å². The van der Waals surface area contributed by atoms with Crippen LogP contribution in [-0.4, -0.2) is 39.8 Å². The molecule has 1 aromatic heterocycles. The number of ketones is 1. The van der Waals surface area contributed by atoms with Crippen molar-refractivity contribution >= 4 is 11.7 Å². The Morgan fingerprint density at radius 3 is 2.33 bits per heavy atom. The highest BCUT2D eigenvalue weighted by atomic mass is 16.5. The third-order valence-electron chi connectivity index (χ3n) is 5.56. The second-order valence-corrected chi connectivity index (χ2v) is 7.35. The van der Waals surface area contributed by atoms with E-state index in [2.05, 4.69) is 4.98 Å². The van der Waals surface area contributed by atoms with E-state index in [1.54, 1.807) is 18.3 Å². The Balaban J connectivity index is 1.32. The van der Waals surface area contributed by atoms with Crippen molar-refractivity contribution in [2.75, 3.05) is 0 Å². The van der Waals surface area contributed by atoms with Crippen LogP contribution in [0.1, 0.15) is 48.9 Å². The van der Waals surface area contributed by atoms with E-state index in [4.69, 9.17) is 4.74 Å². The lowest BCUT2D eigenvalue weighted by Gasteiger charge is -2.38. The van der Waals surface area contributed by atoms with Crippen LogP contribution in [0.5, 0.6) is 5.88 Å². The van der Waals surface area contributed by atoms with Gasteiger partial charge in [0.1, 0.15) is 6.10 Å². The summed E-state index contributed by atoms with van der Waals surface area (Å²) in [5.41, 5.74) is 0.677. The van der Waals surface area contributed by atoms with E-state index in [9.17, 15) is 9.59 Å². The van der Waals surface area contributed by atoms with E-state index in [0.717, 1.165) is 25.7 Å². The van der Waals surface area contributed by atoms with Crippen LogP contribution in [0.15, 0.2) is 54.7 Å². The lowest BCUT2D eigenvalue weighted by molar-refractivity contribution is -0.137. The second-order valence-electron chi connectivity index (χ2n) is 7.35.